The molecule has 3 aliphatic rings. The third kappa shape index (κ3) is 10.9. The van der Waals surface area contributed by atoms with Crippen molar-refractivity contribution in [1.29, 1.82) is 0 Å². The summed E-state index contributed by atoms with van der Waals surface area (Å²) in [4.78, 5) is 12.7. The Labute approximate surface area is 226 Å². The zero-order valence-corrected chi connectivity index (χ0v) is 23.9. The molecule has 0 aromatic rings. The van der Waals surface area contributed by atoms with Crippen molar-refractivity contribution in [2.24, 2.45) is 11.8 Å². The van der Waals surface area contributed by atoms with Crippen LogP contribution in [0.5, 0.6) is 0 Å². The van der Waals surface area contributed by atoms with Crippen LogP contribution >= 0.6 is 9.47 Å². The fraction of sp³-hybridized carbons (Fsp3) is 0.581. The summed E-state index contributed by atoms with van der Waals surface area (Å²) in [5.41, 5.74) is 2.51. The standard InChI is InChI=1S/C31H45O5P/c1-22-16-17-33-27(19-22)15-14-25(4)30-12-6-11-29(36-37)21-24(3)18-23(2)20-28-10-5-8-26(34-28)9-7-13-31(32)35-30/h5-8,11,13-16,23,25-30H,3,9-10,12,17-21,37H2,1-2,4H3/b11-6+,13-7-,15-14+/t23-,25-,26-,27+,28-,29+,30-/m0/s1. The first-order valence-electron chi connectivity index (χ1n) is 13.7. The highest BCUT2D eigenvalue weighted by atomic mass is 31.0. The number of ether oxygens (including phenoxy) is 3. The number of rotatable bonds is 4. The van der Waals surface area contributed by atoms with E-state index in [-0.39, 0.29) is 42.4 Å². The highest BCUT2D eigenvalue weighted by Gasteiger charge is 2.22. The lowest BCUT2D eigenvalue weighted by molar-refractivity contribution is -0.144. The average Bonchev–Trinajstić information content (AvgIpc) is 2.85. The Morgan fingerprint density at radius 2 is 1.95 bits per heavy atom. The molecule has 0 N–H and O–H groups in total. The molecule has 2 bridgehead atoms. The van der Waals surface area contributed by atoms with Crippen molar-refractivity contribution in [2.45, 2.75) is 96.2 Å². The Kier molecular flexibility index (Phi) is 12.5. The van der Waals surface area contributed by atoms with Gasteiger partial charge in [0.1, 0.15) is 6.10 Å². The van der Waals surface area contributed by atoms with E-state index in [9.17, 15) is 4.79 Å². The molecule has 3 rings (SSSR count). The van der Waals surface area contributed by atoms with E-state index in [0.717, 1.165) is 32.1 Å². The number of cyclic esters (lactones) is 1. The van der Waals surface area contributed by atoms with Gasteiger partial charge in [0.15, 0.2) is 0 Å². The molecule has 3 heterocycles. The molecule has 0 saturated carbocycles. The van der Waals surface area contributed by atoms with Gasteiger partial charge in [-0.05, 0) is 51.4 Å². The molecule has 37 heavy (non-hydrogen) atoms. The molecule has 0 radical (unpaired) electrons. The number of carbonyl (C=O) groups excluding carboxylic acids is 1. The van der Waals surface area contributed by atoms with Gasteiger partial charge < -0.3 is 18.7 Å². The predicted molar refractivity (Wildman–Crippen MR) is 153 cm³/mol. The van der Waals surface area contributed by atoms with Gasteiger partial charge in [0, 0.05) is 27.9 Å². The van der Waals surface area contributed by atoms with Crippen LogP contribution in [-0.2, 0) is 23.5 Å². The van der Waals surface area contributed by atoms with Crippen LogP contribution in [0.15, 0.2) is 72.4 Å². The highest BCUT2D eigenvalue weighted by molar-refractivity contribution is 7.09. The summed E-state index contributed by atoms with van der Waals surface area (Å²) in [5.74, 6) is 0.177. The lowest BCUT2D eigenvalue weighted by Gasteiger charge is -2.28. The smallest absolute Gasteiger partial charge is 0.330 e. The van der Waals surface area contributed by atoms with Crippen molar-refractivity contribution >= 4 is 15.4 Å². The van der Waals surface area contributed by atoms with Crippen LogP contribution < -0.4 is 0 Å². The van der Waals surface area contributed by atoms with Gasteiger partial charge in [-0.2, -0.15) is 0 Å². The molecule has 0 spiro atoms. The fourth-order valence-corrected chi connectivity index (χ4v) is 5.30. The molecule has 3 aliphatic heterocycles. The van der Waals surface area contributed by atoms with E-state index in [1.54, 1.807) is 0 Å². The largest absolute Gasteiger partial charge is 0.458 e. The van der Waals surface area contributed by atoms with Gasteiger partial charge in [-0.15, -0.1) is 0 Å². The quantitative estimate of drug-likeness (QED) is 0.224. The number of carbonyl (C=O) groups is 1. The van der Waals surface area contributed by atoms with Crippen molar-refractivity contribution < 1.29 is 23.5 Å². The molecule has 0 fully saturated rings. The highest BCUT2D eigenvalue weighted by Crippen LogP contribution is 2.27. The van der Waals surface area contributed by atoms with Crippen LogP contribution in [0, 0.1) is 11.8 Å². The van der Waals surface area contributed by atoms with E-state index in [1.165, 1.54) is 17.2 Å². The van der Waals surface area contributed by atoms with E-state index in [1.807, 2.05) is 6.08 Å². The lowest BCUT2D eigenvalue weighted by atomic mass is 9.91. The molecule has 204 valence electrons. The molecular weight excluding hydrogens is 483 g/mol. The number of hydrogen-bond donors (Lipinski definition) is 0. The topological polar surface area (TPSA) is 54.0 Å². The average molecular weight is 529 g/mol. The predicted octanol–water partition coefficient (Wildman–Crippen LogP) is 6.98. The Morgan fingerprint density at radius 1 is 1.14 bits per heavy atom. The van der Waals surface area contributed by atoms with Gasteiger partial charge in [-0.3, -0.25) is 0 Å². The first-order valence-corrected chi connectivity index (χ1v) is 14.1. The minimum absolute atomic E-state index is 0.0134. The maximum Gasteiger partial charge on any atom is 0.330 e. The molecule has 6 heteroatoms. The minimum atomic E-state index is -0.329. The van der Waals surface area contributed by atoms with E-state index in [0.29, 0.717) is 25.4 Å². The van der Waals surface area contributed by atoms with Crippen LogP contribution in [0.25, 0.3) is 0 Å². The zero-order valence-electron chi connectivity index (χ0n) is 22.7. The molecule has 0 aromatic heterocycles. The Bertz CT molecular complexity index is 901. The molecular formula is C31H45O5P. The summed E-state index contributed by atoms with van der Waals surface area (Å²) >= 11 is 0. The molecule has 8 atom stereocenters. The second-order valence-electron chi connectivity index (χ2n) is 10.8. The van der Waals surface area contributed by atoms with Crippen molar-refractivity contribution in [3.05, 3.63) is 72.4 Å². The summed E-state index contributed by atoms with van der Waals surface area (Å²) < 4.78 is 23.7. The van der Waals surface area contributed by atoms with Gasteiger partial charge in [0.25, 0.3) is 0 Å². The lowest BCUT2D eigenvalue weighted by Crippen LogP contribution is -2.26. The molecule has 0 aliphatic carbocycles. The van der Waals surface area contributed by atoms with Crippen molar-refractivity contribution in [3.8, 4) is 0 Å². The second-order valence-corrected chi connectivity index (χ2v) is 11.1. The SMILES string of the molecule is C=C1C[C@H](C)C[C@@H]2CC=C[C@@H](C/C=C\C(=O)O[C@H]([C@@H](C)/C=C/[C@@H]3CC(C)=CCO3)C/C=C/[C@@H](OP)C1)O2. The summed E-state index contributed by atoms with van der Waals surface area (Å²) in [6.07, 6.45) is 23.8. The number of fused-ring (bicyclic) bond motifs is 2. The van der Waals surface area contributed by atoms with Crippen molar-refractivity contribution in [3.63, 3.8) is 0 Å². The monoisotopic (exact) mass is 528 g/mol. The molecule has 0 aromatic carbocycles. The first-order chi connectivity index (χ1) is 17.8. The van der Waals surface area contributed by atoms with Crippen LogP contribution in [0.4, 0.5) is 0 Å². The summed E-state index contributed by atoms with van der Waals surface area (Å²) in [5, 5.41) is 0. The number of hydrogen-bond acceptors (Lipinski definition) is 5. The third-order valence-corrected chi connectivity index (χ3v) is 7.52. The van der Waals surface area contributed by atoms with Gasteiger partial charge in [0.2, 0.25) is 0 Å². The van der Waals surface area contributed by atoms with Crippen LogP contribution in [0.1, 0.15) is 65.7 Å². The van der Waals surface area contributed by atoms with E-state index >= 15 is 0 Å². The minimum Gasteiger partial charge on any atom is -0.458 e. The summed E-state index contributed by atoms with van der Waals surface area (Å²) in [6.45, 7) is 11.4. The normalized spacial score (nSPS) is 35.2. The number of esters is 1. The van der Waals surface area contributed by atoms with Crippen molar-refractivity contribution in [1.82, 2.24) is 0 Å². The molecule has 0 amide bonds. The van der Waals surface area contributed by atoms with Gasteiger partial charge in [-0.1, -0.05) is 80.2 Å². The van der Waals surface area contributed by atoms with Crippen LogP contribution in [0.3, 0.4) is 0 Å². The van der Waals surface area contributed by atoms with E-state index < -0.39 is 0 Å². The van der Waals surface area contributed by atoms with Crippen LogP contribution in [0.2, 0.25) is 0 Å². The maximum absolute atomic E-state index is 12.7. The van der Waals surface area contributed by atoms with Crippen molar-refractivity contribution in [2.75, 3.05) is 6.61 Å². The summed E-state index contributed by atoms with van der Waals surface area (Å²) in [7, 11) is 2.38. The second kappa shape index (κ2) is 15.6. The maximum atomic E-state index is 12.7. The fourth-order valence-electron chi connectivity index (χ4n) is 5.11. The Hall–Kier alpha value is -1.78. The van der Waals surface area contributed by atoms with Gasteiger partial charge in [0.05, 0.1) is 31.0 Å². The van der Waals surface area contributed by atoms with E-state index in [2.05, 4.69) is 79.3 Å². The van der Waals surface area contributed by atoms with Gasteiger partial charge in [-0.25, -0.2) is 4.79 Å². The molecule has 1 unspecified atom stereocenters. The zero-order chi connectivity index (χ0) is 26.6. The first kappa shape index (κ1) is 29.8. The van der Waals surface area contributed by atoms with Crippen LogP contribution in [-0.4, -0.2) is 43.1 Å². The Balaban J connectivity index is 1.72. The molecule has 0 saturated heterocycles. The molecule has 5 nitrogen and oxygen atoms in total. The van der Waals surface area contributed by atoms with E-state index in [4.69, 9.17) is 18.7 Å². The third-order valence-electron chi connectivity index (χ3n) is 7.17. The Morgan fingerprint density at radius 3 is 2.73 bits per heavy atom. The summed E-state index contributed by atoms with van der Waals surface area (Å²) in [6, 6.07) is 0. The van der Waals surface area contributed by atoms with Gasteiger partial charge >= 0.3 is 5.97 Å².